The van der Waals surface area contributed by atoms with Crippen LogP contribution in [-0.4, -0.2) is 60.8 Å². The van der Waals surface area contributed by atoms with Gasteiger partial charge in [-0.2, -0.15) is 0 Å². The third-order valence-electron chi connectivity index (χ3n) is 2.72. The van der Waals surface area contributed by atoms with Crippen LogP contribution in [0.1, 0.15) is 30.8 Å². The molecule has 0 fully saturated rings. The van der Waals surface area contributed by atoms with Crippen molar-refractivity contribution in [3.05, 3.63) is 17.8 Å². The average Bonchev–Trinajstić information content (AvgIpc) is 2.46. The van der Waals surface area contributed by atoms with Crippen LogP contribution in [0.4, 0.5) is 5.82 Å². The minimum Gasteiger partial charge on any atom is -0.465 e. The number of anilines is 1. The third-order valence-corrected chi connectivity index (χ3v) is 2.72. The highest BCUT2D eigenvalue weighted by molar-refractivity contribution is 5.91. The molecule has 0 unspecified atom stereocenters. The van der Waals surface area contributed by atoms with Crippen molar-refractivity contribution < 1.29 is 14.3 Å². The second-order valence-corrected chi connectivity index (χ2v) is 4.70. The van der Waals surface area contributed by atoms with Gasteiger partial charge in [-0.15, -0.1) is 10.2 Å². The van der Waals surface area contributed by atoms with Gasteiger partial charge in [0, 0.05) is 20.6 Å². The number of hydrogen-bond donors (Lipinski definition) is 0. The molecule has 0 bridgehead atoms. The first-order valence-electron chi connectivity index (χ1n) is 6.95. The lowest BCUT2D eigenvalue weighted by Crippen LogP contribution is -2.33. The second kappa shape index (κ2) is 8.18. The number of rotatable bonds is 7. The van der Waals surface area contributed by atoms with E-state index in [0.717, 1.165) is 6.42 Å². The molecule has 0 spiro atoms. The molecule has 0 saturated carbocycles. The van der Waals surface area contributed by atoms with Gasteiger partial charge in [-0.3, -0.25) is 9.59 Å². The van der Waals surface area contributed by atoms with Crippen molar-refractivity contribution in [2.75, 3.05) is 38.7 Å². The van der Waals surface area contributed by atoms with Crippen LogP contribution < -0.4 is 4.90 Å². The first-order chi connectivity index (χ1) is 9.99. The maximum atomic E-state index is 11.7. The molecular weight excluding hydrogens is 272 g/mol. The summed E-state index contributed by atoms with van der Waals surface area (Å²) >= 11 is 0. The van der Waals surface area contributed by atoms with Crippen LogP contribution in [0.15, 0.2) is 12.1 Å². The van der Waals surface area contributed by atoms with Gasteiger partial charge in [-0.05, 0) is 25.5 Å². The molecule has 7 nitrogen and oxygen atoms in total. The molecule has 116 valence electrons. The van der Waals surface area contributed by atoms with Crippen molar-refractivity contribution in [3.8, 4) is 0 Å². The number of esters is 1. The van der Waals surface area contributed by atoms with Crippen LogP contribution >= 0.6 is 0 Å². The van der Waals surface area contributed by atoms with Gasteiger partial charge in [0.1, 0.15) is 6.54 Å². The summed E-state index contributed by atoms with van der Waals surface area (Å²) in [5.74, 6) is 0.0443. The molecular formula is C14H22N4O3. The van der Waals surface area contributed by atoms with Gasteiger partial charge < -0.3 is 14.5 Å². The van der Waals surface area contributed by atoms with E-state index >= 15 is 0 Å². The molecule has 21 heavy (non-hydrogen) atoms. The lowest BCUT2D eigenvalue weighted by atomic mass is 10.3. The number of carbonyl (C=O) groups is 2. The summed E-state index contributed by atoms with van der Waals surface area (Å²) in [4.78, 5) is 26.6. The Labute approximate surface area is 124 Å². The lowest BCUT2D eigenvalue weighted by Gasteiger charge is -2.21. The number of aromatic nitrogens is 2. The molecule has 0 aromatic carbocycles. The summed E-state index contributed by atoms with van der Waals surface area (Å²) in [7, 11) is 3.31. The Morgan fingerprint density at radius 1 is 1.19 bits per heavy atom. The molecule has 0 aliphatic carbocycles. The van der Waals surface area contributed by atoms with E-state index in [1.54, 1.807) is 38.1 Å². The van der Waals surface area contributed by atoms with Crippen molar-refractivity contribution in [1.82, 2.24) is 15.1 Å². The fourth-order valence-corrected chi connectivity index (χ4v) is 1.74. The number of hydrogen-bond acceptors (Lipinski definition) is 6. The Kier molecular flexibility index (Phi) is 6.58. The first-order valence-corrected chi connectivity index (χ1v) is 6.95. The van der Waals surface area contributed by atoms with Gasteiger partial charge in [0.15, 0.2) is 11.5 Å². The van der Waals surface area contributed by atoms with Gasteiger partial charge in [-0.25, -0.2) is 0 Å². The van der Waals surface area contributed by atoms with E-state index in [-0.39, 0.29) is 24.1 Å². The van der Waals surface area contributed by atoms with Gasteiger partial charge in [0.2, 0.25) is 0 Å². The molecule has 0 atom stereocenters. The van der Waals surface area contributed by atoms with Gasteiger partial charge in [0.05, 0.1) is 6.61 Å². The zero-order chi connectivity index (χ0) is 15.8. The van der Waals surface area contributed by atoms with Crippen LogP contribution in [0, 0.1) is 0 Å². The van der Waals surface area contributed by atoms with Crippen molar-refractivity contribution >= 4 is 17.7 Å². The predicted octanol–water partition coefficient (Wildman–Crippen LogP) is 0.958. The third kappa shape index (κ3) is 5.02. The summed E-state index contributed by atoms with van der Waals surface area (Å²) in [6.45, 7) is 4.91. The van der Waals surface area contributed by atoms with Crippen LogP contribution in [0.2, 0.25) is 0 Å². The number of amides is 1. The fourth-order valence-electron chi connectivity index (χ4n) is 1.74. The molecule has 1 heterocycles. The summed E-state index contributed by atoms with van der Waals surface area (Å²) in [5, 5.41) is 7.96. The van der Waals surface area contributed by atoms with Crippen LogP contribution in [0.5, 0.6) is 0 Å². The first kappa shape index (κ1) is 16.9. The second-order valence-electron chi connectivity index (χ2n) is 4.70. The zero-order valence-electron chi connectivity index (χ0n) is 13.0. The Balaban J connectivity index is 2.84. The van der Waals surface area contributed by atoms with E-state index < -0.39 is 0 Å². The van der Waals surface area contributed by atoms with Crippen molar-refractivity contribution in [1.29, 1.82) is 0 Å². The highest BCUT2D eigenvalue weighted by Gasteiger charge is 2.15. The molecule has 0 aliphatic heterocycles. The molecule has 1 aromatic rings. The molecule has 0 saturated heterocycles. The Bertz CT molecular complexity index is 474. The SMILES string of the molecule is CCCN(CC(=O)OCC)c1ccc(C(=O)N(C)C)nn1. The Morgan fingerprint density at radius 3 is 2.38 bits per heavy atom. The standard InChI is InChI=1S/C14H22N4O3/c1-5-9-18(10-13(19)21-6-2)12-8-7-11(15-16-12)14(20)17(3)4/h7-8H,5-6,9-10H2,1-4H3. The van der Waals surface area contributed by atoms with Crippen molar-refractivity contribution in [2.24, 2.45) is 0 Å². The average molecular weight is 294 g/mol. The Hall–Kier alpha value is -2.18. The monoisotopic (exact) mass is 294 g/mol. The highest BCUT2D eigenvalue weighted by atomic mass is 16.5. The van der Waals surface area contributed by atoms with E-state index in [1.807, 2.05) is 6.92 Å². The van der Waals surface area contributed by atoms with Gasteiger partial charge >= 0.3 is 5.97 Å². The van der Waals surface area contributed by atoms with Crippen molar-refractivity contribution in [2.45, 2.75) is 20.3 Å². The number of carbonyl (C=O) groups excluding carboxylic acids is 2. The molecule has 7 heteroatoms. The zero-order valence-corrected chi connectivity index (χ0v) is 13.0. The minimum atomic E-state index is -0.304. The quantitative estimate of drug-likeness (QED) is 0.697. The smallest absolute Gasteiger partial charge is 0.325 e. The number of nitrogens with zero attached hydrogens (tertiary/aromatic N) is 4. The summed E-state index contributed by atoms with van der Waals surface area (Å²) in [6, 6.07) is 3.30. The van der Waals surface area contributed by atoms with E-state index in [1.165, 1.54) is 4.90 Å². The summed E-state index contributed by atoms with van der Waals surface area (Å²) in [6.07, 6.45) is 0.861. The maximum Gasteiger partial charge on any atom is 0.325 e. The molecule has 1 rings (SSSR count). The topological polar surface area (TPSA) is 75.6 Å². The van der Waals surface area contributed by atoms with Crippen LogP contribution in [0.25, 0.3) is 0 Å². The summed E-state index contributed by atoms with van der Waals surface area (Å²) in [5.41, 5.74) is 0.274. The van der Waals surface area contributed by atoms with E-state index in [4.69, 9.17) is 4.74 Å². The molecule has 0 radical (unpaired) electrons. The molecule has 0 N–H and O–H groups in total. The van der Waals surface area contributed by atoms with Crippen LogP contribution in [-0.2, 0) is 9.53 Å². The van der Waals surface area contributed by atoms with Crippen molar-refractivity contribution in [3.63, 3.8) is 0 Å². The van der Waals surface area contributed by atoms with Crippen LogP contribution in [0.3, 0.4) is 0 Å². The lowest BCUT2D eigenvalue weighted by molar-refractivity contribution is -0.141. The fraction of sp³-hybridized carbons (Fsp3) is 0.571. The predicted molar refractivity (Wildman–Crippen MR) is 79.2 cm³/mol. The molecule has 0 aliphatic rings. The number of ether oxygens (including phenoxy) is 1. The minimum absolute atomic E-state index is 0.122. The molecule has 1 aromatic heterocycles. The summed E-state index contributed by atoms with van der Waals surface area (Å²) < 4.78 is 4.94. The van der Waals surface area contributed by atoms with E-state index in [9.17, 15) is 9.59 Å². The van der Waals surface area contributed by atoms with E-state index in [2.05, 4.69) is 10.2 Å². The highest BCUT2D eigenvalue weighted by Crippen LogP contribution is 2.11. The Morgan fingerprint density at radius 2 is 1.90 bits per heavy atom. The molecule has 1 amide bonds. The van der Waals surface area contributed by atoms with Gasteiger partial charge in [-0.1, -0.05) is 6.92 Å². The van der Waals surface area contributed by atoms with Gasteiger partial charge in [0.25, 0.3) is 5.91 Å². The maximum absolute atomic E-state index is 11.7. The normalized spacial score (nSPS) is 10.1. The van der Waals surface area contributed by atoms with E-state index in [0.29, 0.717) is 19.0 Å². The largest absolute Gasteiger partial charge is 0.465 e.